The normalized spacial score (nSPS) is 12.2. The second-order valence-corrected chi connectivity index (χ2v) is 8.01. The van der Waals surface area contributed by atoms with Crippen LogP contribution in [0.15, 0.2) is 97.6 Å². The van der Waals surface area contributed by atoms with Crippen molar-refractivity contribution in [3.05, 3.63) is 115 Å². The van der Waals surface area contributed by atoms with E-state index in [0.29, 0.717) is 12.2 Å². The average Bonchev–Trinajstić information content (AvgIpc) is 3.46. The molecule has 158 valence electrons. The van der Waals surface area contributed by atoms with Gasteiger partial charge in [-0.3, -0.25) is 4.79 Å². The van der Waals surface area contributed by atoms with Crippen molar-refractivity contribution in [2.45, 2.75) is 19.5 Å². The fourth-order valence-corrected chi connectivity index (χ4v) is 4.34. The van der Waals surface area contributed by atoms with Crippen molar-refractivity contribution in [2.75, 3.05) is 0 Å². The molecule has 0 saturated carbocycles. The molecule has 5 aromatic rings. The van der Waals surface area contributed by atoms with Crippen molar-refractivity contribution in [3.63, 3.8) is 0 Å². The van der Waals surface area contributed by atoms with Crippen LogP contribution in [0.4, 0.5) is 0 Å². The summed E-state index contributed by atoms with van der Waals surface area (Å²) >= 11 is 0. The molecule has 0 saturated heterocycles. The summed E-state index contributed by atoms with van der Waals surface area (Å²) in [5.74, 6) is -0.446. The van der Waals surface area contributed by atoms with E-state index in [0.717, 1.165) is 27.6 Å². The molecule has 3 aromatic carbocycles. The van der Waals surface area contributed by atoms with Crippen LogP contribution in [0.1, 0.15) is 34.7 Å². The maximum Gasteiger partial charge on any atom is 0.265 e. The summed E-state index contributed by atoms with van der Waals surface area (Å²) in [5, 5.41) is 2.30. The molecule has 0 unspecified atom stereocenters. The number of carbonyl (C=O) groups excluding carboxylic acids is 1. The molecular formula is C27H24N4O. The van der Waals surface area contributed by atoms with Gasteiger partial charge < -0.3 is 14.9 Å². The van der Waals surface area contributed by atoms with Gasteiger partial charge in [-0.25, -0.2) is 4.98 Å². The van der Waals surface area contributed by atoms with Gasteiger partial charge in [-0.05, 0) is 34.9 Å². The highest BCUT2D eigenvalue weighted by atomic mass is 16.1. The van der Waals surface area contributed by atoms with Crippen molar-refractivity contribution >= 4 is 16.7 Å². The van der Waals surface area contributed by atoms with Gasteiger partial charge in [-0.1, -0.05) is 72.8 Å². The van der Waals surface area contributed by atoms with Crippen molar-refractivity contribution in [2.24, 2.45) is 5.73 Å². The number of hydrogen-bond acceptors (Lipinski definition) is 2. The molecule has 32 heavy (non-hydrogen) atoms. The van der Waals surface area contributed by atoms with Gasteiger partial charge in [0.05, 0.1) is 24.6 Å². The first kappa shape index (κ1) is 19.8. The Morgan fingerprint density at radius 3 is 2.56 bits per heavy atom. The summed E-state index contributed by atoms with van der Waals surface area (Å²) in [6.07, 6.45) is 5.69. The zero-order valence-electron chi connectivity index (χ0n) is 17.8. The second kappa shape index (κ2) is 8.19. The van der Waals surface area contributed by atoms with Crippen LogP contribution in [0.5, 0.6) is 0 Å². The number of benzene rings is 3. The zero-order chi connectivity index (χ0) is 22.1. The minimum absolute atomic E-state index is 0.124. The predicted octanol–water partition coefficient (Wildman–Crippen LogP) is 5.26. The van der Waals surface area contributed by atoms with Crippen LogP contribution in [-0.4, -0.2) is 20.0 Å². The second-order valence-electron chi connectivity index (χ2n) is 8.01. The minimum Gasteiger partial charge on any atom is -0.364 e. The number of fused-ring (bicyclic) bond motifs is 1. The van der Waals surface area contributed by atoms with Crippen LogP contribution < -0.4 is 5.73 Å². The van der Waals surface area contributed by atoms with Gasteiger partial charge in [0.2, 0.25) is 0 Å². The fourth-order valence-electron chi connectivity index (χ4n) is 4.34. The number of carbonyl (C=O) groups is 1. The Morgan fingerprint density at radius 1 is 1.00 bits per heavy atom. The van der Waals surface area contributed by atoms with E-state index in [1.54, 1.807) is 0 Å². The largest absolute Gasteiger partial charge is 0.364 e. The summed E-state index contributed by atoms with van der Waals surface area (Å²) in [7, 11) is 0. The fraction of sp³-hybridized carbons (Fsp3) is 0.111. The smallest absolute Gasteiger partial charge is 0.265 e. The molecule has 2 aromatic heterocycles. The van der Waals surface area contributed by atoms with Crippen LogP contribution >= 0.6 is 0 Å². The highest BCUT2D eigenvalue weighted by molar-refractivity contribution is 5.99. The molecule has 5 nitrogen and oxygen atoms in total. The third kappa shape index (κ3) is 3.58. The van der Waals surface area contributed by atoms with Crippen LogP contribution in [-0.2, 0) is 6.54 Å². The molecule has 1 amide bonds. The summed E-state index contributed by atoms with van der Waals surface area (Å²) in [5.41, 5.74) is 10.5. The number of hydrogen-bond donors (Lipinski definition) is 1. The first-order valence-corrected chi connectivity index (χ1v) is 10.7. The Morgan fingerprint density at radius 2 is 1.75 bits per heavy atom. The van der Waals surface area contributed by atoms with Crippen LogP contribution in [0.25, 0.3) is 21.9 Å². The topological polar surface area (TPSA) is 65.8 Å². The highest BCUT2D eigenvalue weighted by Crippen LogP contribution is 2.30. The molecular weight excluding hydrogens is 396 g/mol. The number of nitrogens with zero attached hydrogens (tertiary/aromatic N) is 3. The SMILES string of the molecule is C[C@@H](c1ccccc1)n1cncc1Cn1cc(-c2cccc3ccccc23)cc1C(N)=O. The molecule has 0 fully saturated rings. The molecule has 2 heterocycles. The van der Waals surface area contributed by atoms with Crippen molar-refractivity contribution < 1.29 is 4.79 Å². The Balaban J connectivity index is 1.54. The lowest BCUT2D eigenvalue weighted by atomic mass is 10.0. The van der Waals surface area contributed by atoms with Gasteiger partial charge in [-0.15, -0.1) is 0 Å². The first-order chi connectivity index (χ1) is 15.6. The quantitative estimate of drug-likeness (QED) is 0.407. The monoisotopic (exact) mass is 420 g/mol. The number of amides is 1. The van der Waals surface area contributed by atoms with Crippen molar-refractivity contribution in [1.82, 2.24) is 14.1 Å². The third-order valence-corrected chi connectivity index (χ3v) is 6.03. The molecule has 5 rings (SSSR count). The van der Waals surface area contributed by atoms with Gasteiger partial charge >= 0.3 is 0 Å². The lowest BCUT2D eigenvalue weighted by Gasteiger charge is -2.18. The Kier molecular flexibility index (Phi) is 5.07. The first-order valence-electron chi connectivity index (χ1n) is 10.7. The number of aromatic nitrogens is 3. The number of nitrogens with two attached hydrogens (primary N) is 1. The Bertz CT molecular complexity index is 1390. The molecule has 0 aliphatic rings. The summed E-state index contributed by atoms with van der Waals surface area (Å²) in [4.78, 5) is 16.7. The predicted molar refractivity (Wildman–Crippen MR) is 127 cm³/mol. The van der Waals surface area contributed by atoms with E-state index in [1.165, 1.54) is 5.56 Å². The maximum absolute atomic E-state index is 12.3. The lowest BCUT2D eigenvalue weighted by Crippen LogP contribution is -2.18. The summed E-state index contributed by atoms with van der Waals surface area (Å²) in [6.45, 7) is 2.65. The van der Waals surface area contributed by atoms with Gasteiger partial charge in [0, 0.05) is 18.0 Å². The molecule has 5 heteroatoms. The summed E-state index contributed by atoms with van der Waals surface area (Å²) < 4.78 is 4.06. The highest BCUT2D eigenvalue weighted by Gasteiger charge is 2.17. The van der Waals surface area contributed by atoms with Crippen LogP contribution in [0, 0.1) is 0 Å². The molecule has 0 bridgehead atoms. The zero-order valence-corrected chi connectivity index (χ0v) is 17.8. The Labute approximate surface area is 186 Å². The molecule has 0 aliphatic heterocycles. The maximum atomic E-state index is 12.3. The van der Waals surface area contributed by atoms with E-state index >= 15 is 0 Å². The van der Waals surface area contributed by atoms with Gasteiger partial charge in [-0.2, -0.15) is 0 Å². The minimum atomic E-state index is -0.446. The van der Waals surface area contributed by atoms with E-state index in [9.17, 15) is 4.79 Å². The number of imidazole rings is 1. The molecule has 1 atom stereocenters. The van der Waals surface area contributed by atoms with E-state index in [-0.39, 0.29) is 6.04 Å². The van der Waals surface area contributed by atoms with Crippen molar-refractivity contribution in [1.29, 1.82) is 0 Å². The van der Waals surface area contributed by atoms with Crippen LogP contribution in [0.3, 0.4) is 0 Å². The van der Waals surface area contributed by atoms with E-state index in [4.69, 9.17) is 5.73 Å². The van der Waals surface area contributed by atoms with Crippen molar-refractivity contribution in [3.8, 4) is 11.1 Å². The Hall–Kier alpha value is -4.12. The molecule has 0 aliphatic carbocycles. The van der Waals surface area contributed by atoms with Crippen LogP contribution in [0.2, 0.25) is 0 Å². The molecule has 2 N–H and O–H groups in total. The van der Waals surface area contributed by atoms with Gasteiger partial charge in [0.1, 0.15) is 5.69 Å². The average molecular weight is 421 g/mol. The third-order valence-electron chi connectivity index (χ3n) is 6.03. The summed E-state index contributed by atoms with van der Waals surface area (Å²) in [6, 6.07) is 26.8. The van der Waals surface area contributed by atoms with Gasteiger partial charge in [0.15, 0.2) is 0 Å². The van der Waals surface area contributed by atoms with E-state index in [1.807, 2.05) is 65.8 Å². The van der Waals surface area contributed by atoms with Gasteiger partial charge in [0.25, 0.3) is 5.91 Å². The standard InChI is InChI=1S/C27H24N4O/c1-19(20-8-3-2-4-9-20)31-18-29-15-23(31)17-30-16-22(14-26(30)27(28)32)25-13-7-11-21-10-5-6-12-24(21)25/h2-16,18-19H,17H2,1H3,(H2,28,32)/t19-/m0/s1. The number of primary amides is 1. The molecule has 0 spiro atoms. The molecule has 0 radical (unpaired) electrons. The van der Waals surface area contributed by atoms with E-state index in [2.05, 4.69) is 52.9 Å². The number of rotatable bonds is 6. The lowest BCUT2D eigenvalue weighted by molar-refractivity contribution is 0.0992. The van der Waals surface area contributed by atoms with E-state index < -0.39 is 5.91 Å².